The SMILES string of the molecule is CCCCCCCCc1ccc(CC(O)[C@@H]2C[C@@H](O)CN2C(=O)OC(C)(C)C)cc1. The number of aryl methyl sites for hydroxylation is 1. The van der Waals surface area contributed by atoms with Crippen LogP contribution in [-0.2, 0) is 17.6 Å². The smallest absolute Gasteiger partial charge is 0.410 e. The van der Waals surface area contributed by atoms with E-state index >= 15 is 0 Å². The molecule has 1 fully saturated rings. The molecule has 3 atom stereocenters. The third-order valence-electron chi connectivity index (χ3n) is 5.68. The second kappa shape index (κ2) is 11.7. The average Bonchev–Trinajstić information content (AvgIpc) is 3.07. The van der Waals surface area contributed by atoms with Crippen LogP contribution in [0.1, 0.15) is 83.8 Å². The van der Waals surface area contributed by atoms with Crippen LogP contribution in [0.4, 0.5) is 4.79 Å². The molecular weight excluding hydrogens is 378 g/mol. The van der Waals surface area contributed by atoms with Crippen LogP contribution >= 0.6 is 0 Å². The molecule has 1 heterocycles. The summed E-state index contributed by atoms with van der Waals surface area (Å²) in [6.45, 7) is 7.89. The molecule has 170 valence electrons. The third kappa shape index (κ3) is 8.27. The molecule has 2 rings (SSSR count). The summed E-state index contributed by atoms with van der Waals surface area (Å²) in [6.07, 6.45) is 7.85. The number of nitrogens with zero attached hydrogens (tertiary/aromatic N) is 1. The van der Waals surface area contributed by atoms with Crippen LogP contribution in [0.15, 0.2) is 24.3 Å². The van der Waals surface area contributed by atoms with Crippen molar-refractivity contribution in [3.05, 3.63) is 35.4 Å². The molecule has 0 aliphatic carbocycles. The van der Waals surface area contributed by atoms with Crippen molar-refractivity contribution in [1.29, 1.82) is 0 Å². The van der Waals surface area contributed by atoms with Gasteiger partial charge in [-0.05, 0) is 51.2 Å². The van der Waals surface area contributed by atoms with Gasteiger partial charge in [0.15, 0.2) is 0 Å². The zero-order valence-electron chi connectivity index (χ0n) is 19.3. The molecule has 1 aromatic rings. The molecule has 1 aromatic carbocycles. The molecule has 0 aromatic heterocycles. The Morgan fingerprint density at radius 3 is 2.33 bits per heavy atom. The Balaban J connectivity index is 1.85. The van der Waals surface area contributed by atoms with Gasteiger partial charge in [-0.3, -0.25) is 4.90 Å². The van der Waals surface area contributed by atoms with Crippen molar-refractivity contribution in [2.75, 3.05) is 6.54 Å². The Morgan fingerprint density at radius 1 is 1.10 bits per heavy atom. The zero-order valence-corrected chi connectivity index (χ0v) is 19.3. The van der Waals surface area contributed by atoms with Crippen molar-refractivity contribution < 1.29 is 19.7 Å². The predicted molar refractivity (Wildman–Crippen MR) is 121 cm³/mol. The standard InChI is InChI=1S/C25H41NO4/c1-5-6-7-8-9-10-11-19-12-14-20(15-13-19)16-23(28)22-17-21(27)18-26(22)24(29)30-25(2,3)4/h12-15,21-23,27-28H,5-11,16-18H2,1-4H3/t21-,22+,23?/m1/s1. The lowest BCUT2D eigenvalue weighted by Crippen LogP contribution is -2.45. The first-order valence-electron chi connectivity index (χ1n) is 11.6. The molecule has 1 saturated heterocycles. The van der Waals surface area contributed by atoms with Gasteiger partial charge in [0, 0.05) is 6.42 Å². The second-order valence-corrected chi connectivity index (χ2v) is 9.70. The topological polar surface area (TPSA) is 70.0 Å². The third-order valence-corrected chi connectivity index (χ3v) is 5.68. The number of unbranched alkanes of at least 4 members (excludes halogenated alkanes) is 5. The van der Waals surface area contributed by atoms with Crippen LogP contribution in [0.3, 0.4) is 0 Å². The van der Waals surface area contributed by atoms with Crippen molar-refractivity contribution in [2.45, 2.75) is 109 Å². The summed E-state index contributed by atoms with van der Waals surface area (Å²) in [5.74, 6) is 0. The summed E-state index contributed by atoms with van der Waals surface area (Å²) in [4.78, 5) is 14.0. The van der Waals surface area contributed by atoms with Crippen LogP contribution < -0.4 is 0 Å². The molecule has 2 N–H and O–H groups in total. The van der Waals surface area contributed by atoms with Crippen molar-refractivity contribution in [2.24, 2.45) is 0 Å². The number of carbonyl (C=O) groups is 1. The van der Waals surface area contributed by atoms with Crippen LogP contribution in [0, 0.1) is 0 Å². The van der Waals surface area contributed by atoms with E-state index in [0.717, 1.165) is 12.0 Å². The van der Waals surface area contributed by atoms with Crippen LogP contribution in [0.2, 0.25) is 0 Å². The maximum absolute atomic E-state index is 12.5. The number of β-amino-alcohol motifs (C(OH)–C–C–N with tert-alkyl or cyclic N) is 1. The lowest BCUT2D eigenvalue weighted by atomic mass is 9.98. The highest BCUT2D eigenvalue weighted by Crippen LogP contribution is 2.25. The number of hydrogen-bond donors (Lipinski definition) is 2. The lowest BCUT2D eigenvalue weighted by molar-refractivity contribution is 0.00482. The van der Waals surface area contributed by atoms with Gasteiger partial charge in [0.25, 0.3) is 0 Å². The first-order valence-corrected chi connectivity index (χ1v) is 11.6. The minimum absolute atomic E-state index is 0.202. The quantitative estimate of drug-likeness (QED) is 0.531. The van der Waals surface area contributed by atoms with Gasteiger partial charge < -0.3 is 14.9 Å². The van der Waals surface area contributed by atoms with Crippen molar-refractivity contribution in [3.8, 4) is 0 Å². The number of rotatable bonds is 10. The highest BCUT2D eigenvalue weighted by molar-refractivity contribution is 5.69. The number of benzene rings is 1. The molecule has 0 bridgehead atoms. The van der Waals surface area contributed by atoms with Crippen LogP contribution in [-0.4, -0.2) is 51.6 Å². The Bertz CT molecular complexity index is 638. The van der Waals surface area contributed by atoms with Gasteiger partial charge in [-0.25, -0.2) is 4.79 Å². The molecule has 1 amide bonds. The molecule has 5 heteroatoms. The fourth-order valence-corrected chi connectivity index (χ4v) is 4.07. The lowest BCUT2D eigenvalue weighted by Gasteiger charge is -2.30. The summed E-state index contributed by atoms with van der Waals surface area (Å²) in [6, 6.07) is 7.99. The largest absolute Gasteiger partial charge is 0.444 e. The molecule has 0 radical (unpaired) electrons. The van der Waals surface area contributed by atoms with E-state index in [-0.39, 0.29) is 6.54 Å². The van der Waals surface area contributed by atoms with E-state index in [1.165, 1.54) is 49.0 Å². The Morgan fingerprint density at radius 2 is 1.70 bits per heavy atom. The van der Waals surface area contributed by atoms with E-state index in [4.69, 9.17) is 4.74 Å². The summed E-state index contributed by atoms with van der Waals surface area (Å²) in [5.41, 5.74) is 1.77. The second-order valence-electron chi connectivity index (χ2n) is 9.70. The van der Waals surface area contributed by atoms with Gasteiger partial charge in [-0.2, -0.15) is 0 Å². The Kier molecular flexibility index (Phi) is 9.63. The highest BCUT2D eigenvalue weighted by atomic mass is 16.6. The number of aliphatic hydroxyl groups excluding tert-OH is 2. The van der Waals surface area contributed by atoms with E-state index in [2.05, 4.69) is 31.2 Å². The number of hydrogen-bond acceptors (Lipinski definition) is 4. The van der Waals surface area contributed by atoms with Crippen LogP contribution in [0.5, 0.6) is 0 Å². The van der Waals surface area contributed by atoms with E-state index in [0.29, 0.717) is 12.8 Å². The van der Waals surface area contributed by atoms with Gasteiger partial charge in [-0.1, -0.05) is 63.3 Å². The minimum atomic E-state index is -0.737. The van der Waals surface area contributed by atoms with Crippen molar-refractivity contribution in [1.82, 2.24) is 4.90 Å². The van der Waals surface area contributed by atoms with E-state index in [1.54, 1.807) is 0 Å². The zero-order chi connectivity index (χ0) is 22.1. The summed E-state index contributed by atoms with van der Waals surface area (Å²) >= 11 is 0. The summed E-state index contributed by atoms with van der Waals surface area (Å²) < 4.78 is 5.45. The number of aliphatic hydroxyl groups is 2. The molecule has 1 aliphatic rings. The fourth-order valence-electron chi connectivity index (χ4n) is 4.07. The average molecular weight is 420 g/mol. The van der Waals surface area contributed by atoms with Gasteiger partial charge in [0.1, 0.15) is 5.60 Å². The number of amides is 1. The van der Waals surface area contributed by atoms with E-state index < -0.39 is 29.9 Å². The first-order chi connectivity index (χ1) is 14.2. The monoisotopic (exact) mass is 419 g/mol. The summed E-state index contributed by atoms with van der Waals surface area (Å²) in [7, 11) is 0. The normalized spacial score (nSPS) is 20.4. The number of likely N-dealkylation sites (tertiary alicyclic amines) is 1. The maximum atomic E-state index is 12.5. The van der Waals surface area contributed by atoms with E-state index in [9.17, 15) is 15.0 Å². The van der Waals surface area contributed by atoms with Gasteiger partial charge >= 0.3 is 6.09 Å². The maximum Gasteiger partial charge on any atom is 0.410 e. The first kappa shape index (κ1) is 24.7. The number of carbonyl (C=O) groups excluding carboxylic acids is 1. The molecule has 1 unspecified atom stereocenters. The van der Waals surface area contributed by atoms with Gasteiger partial charge in [-0.15, -0.1) is 0 Å². The van der Waals surface area contributed by atoms with Crippen molar-refractivity contribution >= 4 is 6.09 Å². The highest BCUT2D eigenvalue weighted by Gasteiger charge is 2.40. The minimum Gasteiger partial charge on any atom is -0.444 e. The van der Waals surface area contributed by atoms with E-state index in [1.807, 2.05) is 20.8 Å². The molecule has 30 heavy (non-hydrogen) atoms. The fraction of sp³-hybridized carbons (Fsp3) is 0.720. The molecule has 5 nitrogen and oxygen atoms in total. The van der Waals surface area contributed by atoms with Crippen molar-refractivity contribution in [3.63, 3.8) is 0 Å². The van der Waals surface area contributed by atoms with Crippen LogP contribution in [0.25, 0.3) is 0 Å². The Hall–Kier alpha value is -1.59. The molecule has 0 spiro atoms. The molecule has 0 saturated carbocycles. The van der Waals surface area contributed by atoms with Gasteiger partial charge in [0.05, 0.1) is 24.8 Å². The predicted octanol–water partition coefficient (Wildman–Crippen LogP) is 4.86. The van der Waals surface area contributed by atoms with Gasteiger partial charge in [0.2, 0.25) is 0 Å². The summed E-state index contributed by atoms with van der Waals surface area (Å²) in [5, 5.41) is 20.8. The Labute approximate surface area is 182 Å². The molecular formula is C25H41NO4. The number of ether oxygens (including phenoxy) is 1. The molecule has 1 aliphatic heterocycles.